The number of esters is 2. The van der Waals surface area contributed by atoms with Gasteiger partial charge in [-0.05, 0) is 29.5 Å². The van der Waals surface area contributed by atoms with Crippen molar-refractivity contribution < 1.29 is 28.6 Å². The molecule has 3 aromatic rings. The first-order valence-electron chi connectivity index (χ1n) is 12.4. The minimum atomic E-state index is -0.953. The highest BCUT2D eigenvalue weighted by molar-refractivity contribution is 5.85. The van der Waals surface area contributed by atoms with E-state index in [4.69, 9.17) is 14.2 Å². The summed E-state index contributed by atoms with van der Waals surface area (Å²) in [5, 5.41) is 2.71. The summed E-state index contributed by atoms with van der Waals surface area (Å²) in [4.78, 5) is 37.6. The number of rotatable bonds is 15. The van der Waals surface area contributed by atoms with Gasteiger partial charge in [-0.25, -0.2) is 4.79 Å². The van der Waals surface area contributed by atoms with Gasteiger partial charge in [-0.1, -0.05) is 91.0 Å². The maximum atomic E-state index is 12.8. The van der Waals surface area contributed by atoms with Gasteiger partial charge in [0.25, 0.3) is 0 Å². The molecule has 7 nitrogen and oxygen atoms in total. The summed E-state index contributed by atoms with van der Waals surface area (Å²) >= 11 is 0. The van der Waals surface area contributed by atoms with Gasteiger partial charge >= 0.3 is 11.9 Å². The van der Waals surface area contributed by atoms with Crippen LogP contribution in [-0.2, 0) is 48.4 Å². The Labute approximate surface area is 217 Å². The van der Waals surface area contributed by atoms with Gasteiger partial charge in [0.2, 0.25) is 5.91 Å². The number of benzene rings is 3. The summed E-state index contributed by atoms with van der Waals surface area (Å²) in [5.41, 5.74) is 2.77. The van der Waals surface area contributed by atoms with E-state index >= 15 is 0 Å². The van der Waals surface area contributed by atoms with Crippen molar-refractivity contribution in [3.05, 3.63) is 108 Å². The molecule has 7 heteroatoms. The fourth-order valence-electron chi connectivity index (χ4n) is 3.52. The summed E-state index contributed by atoms with van der Waals surface area (Å²) in [6, 6.07) is 27.4. The van der Waals surface area contributed by atoms with E-state index in [1.807, 2.05) is 91.0 Å². The molecule has 0 radical (unpaired) electrons. The Morgan fingerprint density at radius 2 is 1.16 bits per heavy atom. The highest BCUT2D eigenvalue weighted by atomic mass is 16.5. The van der Waals surface area contributed by atoms with E-state index in [9.17, 15) is 14.4 Å². The second-order valence-corrected chi connectivity index (χ2v) is 8.54. The van der Waals surface area contributed by atoms with Crippen molar-refractivity contribution in [2.45, 2.75) is 51.5 Å². The van der Waals surface area contributed by atoms with Crippen LogP contribution in [0.15, 0.2) is 91.0 Å². The normalized spacial score (nSPS) is 11.4. The molecule has 0 heterocycles. The van der Waals surface area contributed by atoms with Crippen molar-refractivity contribution in [1.29, 1.82) is 0 Å². The van der Waals surface area contributed by atoms with Crippen molar-refractivity contribution in [2.24, 2.45) is 0 Å². The summed E-state index contributed by atoms with van der Waals surface area (Å²) in [6.07, 6.45) is 0.745. The molecule has 0 saturated carbocycles. The first kappa shape index (κ1) is 27.6. The second-order valence-electron chi connectivity index (χ2n) is 8.54. The van der Waals surface area contributed by atoms with E-state index in [-0.39, 0.29) is 38.4 Å². The molecule has 0 aliphatic carbocycles. The number of carbonyl (C=O) groups excluding carboxylic acids is 3. The highest BCUT2D eigenvalue weighted by Crippen LogP contribution is 2.09. The second kappa shape index (κ2) is 15.9. The zero-order valence-electron chi connectivity index (χ0n) is 20.8. The van der Waals surface area contributed by atoms with Crippen LogP contribution in [0.25, 0.3) is 0 Å². The Kier molecular flexibility index (Phi) is 11.9. The molecule has 37 heavy (non-hydrogen) atoms. The average molecular weight is 504 g/mol. The number of hydrogen-bond donors (Lipinski definition) is 1. The van der Waals surface area contributed by atoms with Gasteiger partial charge < -0.3 is 19.5 Å². The summed E-state index contributed by atoms with van der Waals surface area (Å²) in [6.45, 7) is 1.12. The lowest BCUT2D eigenvalue weighted by Gasteiger charge is -2.18. The maximum absolute atomic E-state index is 12.8. The molecule has 3 rings (SSSR count). The van der Waals surface area contributed by atoms with Gasteiger partial charge in [0.05, 0.1) is 6.61 Å². The minimum Gasteiger partial charge on any atom is -0.461 e. The van der Waals surface area contributed by atoms with Gasteiger partial charge in [0, 0.05) is 19.4 Å². The third kappa shape index (κ3) is 11.1. The fraction of sp³-hybridized carbons (Fsp3) is 0.300. The molecule has 0 spiro atoms. The van der Waals surface area contributed by atoms with Crippen LogP contribution in [0, 0.1) is 0 Å². The molecule has 0 aromatic heterocycles. The van der Waals surface area contributed by atoms with Crippen LogP contribution in [0.2, 0.25) is 0 Å². The Bertz CT molecular complexity index is 1090. The van der Waals surface area contributed by atoms with Gasteiger partial charge in [-0.3, -0.25) is 9.59 Å². The quantitative estimate of drug-likeness (QED) is 0.238. The van der Waals surface area contributed by atoms with Crippen molar-refractivity contribution in [3.63, 3.8) is 0 Å². The molecular weight excluding hydrogens is 470 g/mol. The number of carbonyl (C=O) groups is 3. The van der Waals surface area contributed by atoms with Crippen LogP contribution < -0.4 is 5.32 Å². The van der Waals surface area contributed by atoms with Crippen LogP contribution >= 0.6 is 0 Å². The van der Waals surface area contributed by atoms with E-state index in [1.54, 1.807) is 0 Å². The minimum absolute atomic E-state index is 0.0294. The Morgan fingerprint density at radius 1 is 0.649 bits per heavy atom. The molecule has 0 fully saturated rings. The first-order chi connectivity index (χ1) is 18.1. The highest BCUT2D eigenvalue weighted by Gasteiger charge is 2.23. The maximum Gasteiger partial charge on any atom is 0.328 e. The molecule has 0 unspecified atom stereocenters. The van der Waals surface area contributed by atoms with E-state index in [1.165, 1.54) is 0 Å². The molecule has 0 aliphatic heterocycles. The zero-order chi connectivity index (χ0) is 26.1. The molecule has 0 bridgehead atoms. The summed E-state index contributed by atoms with van der Waals surface area (Å²) in [5.74, 6) is -1.34. The smallest absolute Gasteiger partial charge is 0.328 e. The van der Waals surface area contributed by atoms with Crippen LogP contribution in [0.4, 0.5) is 0 Å². The van der Waals surface area contributed by atoms with Crippen LogP contribution in [0.3, 0.4) is 0 Å². The predicted octanol–water partition coefficient (Wildman–Crippen LogP) is 4.74. The van der Waals surface area contributed by atoms with Crippen molar-refractivity contribution in [3.8, 4) is 0 Å². The summed E-state index contributed by atoms with van der Waals surface area (Å²) in [7, 11) is 0. The largest absolute Gasteiger partial charge is 0.461 e. The molecule has 1 N–H and O–H groups in total. The Morgan fingerprint density at radius 3 is 1.73 bits per heavy atom. The average Bonchev–Trinajstić information content (AvgIpc) is 2.94. The van der Waals surface area contributed by atoms with Crippen molar-refractivity contribution in [1.82, 2.24) is 5.32 Å². The zero-order valence-corrected chi connectivity index (χ0v) is 20.8. The molecule has 0 aliphatic rings. The van der Waals surface area contributed by atoms with E-state index in [0.29, 0.717) is 19.6 Å². The molecule has 1 amide bonds. The standard InChI is InChI=1S/C30H33NO6/c32-28(17-10-20-35-21-24-11-4-1-5-12-24)31-27(30(34)37-23-26-15-8-3-9-16-26)18-19-29(33)36-22-25-13-6-2-7-14-25/h1-9,11-16,27H,10,17-23H2,(H,31,32)/t27-/m0/s1. The van der Waals surface area contributed by atoms with Crippen LogP contribution in [0.5, 0.6) is 0 Å². The Hall–Kier alpha value is -3.97. The van der Waals surface area contributed by atoms with E-state index < -0.39 is 18.0 Å². The number of amides is 1. The lowest BCUT2D eigenvalue weighted by atomic mass is 10.1. The third-order valence-electron chi connectivity index (χ3n) is 5.53. The molecular formula is C30H33NO6. The van der Waals surface area contributed by atoms with E-state index in [0.717, 1.165) is 16.7 Å². The van der Waals surface area contributed by atoms with Crippen molar-refractivity contribution in [2.75, 3.05) is 6.61 Å². The predicted molar refractivity (Wildman–Crippen MR) is 139 cm³/mol. The van der Waals surface area contributed by atoms with Crippen molar-refractivity contribution >= 4 is 17.8 Å². The number of nitrogens with one attached hydrogen (secondary N) is 1. The third-order valence-corrected chi connectivity index (χ3v) is 5.53. The molecule has 3 aromatic carbocycles. The van der Waals surface area contributed by atoms with Crippen LogP contribution in [-0.4, -0.2) is 30.5 Å². The molecule has 194 valence electrons. The Balaban J connectivity index is 1.44. The number of hydrogen-bond acceptors (Lipinski definition) is 6. The topological polar surface area (TPSA) is 90.9 Å². The molecule has 0 saturated heterocycles. The SMILES string of the molecule is O=C(CCCOCc1ccccc1)N[C@@H](CCC(=O)OCc1ccccc1)C(=O)OCc1ccccc1. The fourth-order valence-corrected chi connectivity index (χ4v) is 3.52. The van der Waals surface area contributed by atoms with Gasteiger partial charge in [0.15, 0.2) is 0 Å². The van der Waals surface area contributed by atoms with Gasteiger partial charge in [-0.15, -0.1) is 0 Å². The summed E-state index contributed by atoms with van der Waals surface area (Å²) < 4.78 is 16.3. The monoisotopic (exact) mass is 503 g/mol. The molecule has 1 atom stereocenters. The van der Waals surface area contributed by atoms with Gasteiger partial charge in [0.1, 0.15) is 19.3 Å². The first-order valence-corrected chi connectivity index (χ1v) is 12.4. The lowest BCUT2D eigenvalue weighted by Crippen LogP contribution is -2.42. The van der Waals surface area contributed by atoms with Crippen LogP contribution in [0.1, 0.15) is 42.4 Å². The number of ether oxygens (including phenoxy) is 3. The lowest BCUT2D eigenvalue weighted by molar-refractivity contribution is -0.150. The van der Waals surface area contributed by atoms with Gasteiger partial charge in [-0.2, -0.15) is 0 Å². The van der Waals surface area contributed by atoms with E-state index in [2.05, 4.69) is 5.32 Å².